The third-order valence-corrected chi connectivity index (χ3v) is 3.81. The molecule has 2 rings (SSSR count). The summed E-state index contributed by atoms with van der Waals surface area (Å²) in [5.41, 5.74) is 1.08. The largest absolute Gasteiger partial charge is 0.310 e. The normalized spacial score (nSPS) is 11.3. The van der Waals surface area contributed by atoms with Crippen molar-refractivity contribution >= 4 is 33.9 Å². The summed E-state index contributed by atoms with van der Waals surface area (Å²) in [6, 6.07) is 0. The Labute approximate surface area is 125 Å². The molecule has 0 unspecified atom stereocenters. The van der Waals surface area contributed by atoms with Crippen molar-refractivity contribution in [3.8, 4) is 0 Å². The topological polar surface area (TPSA) is 42.7 Å². The summed E-state index contributed by atoms with van der Waals surface area (Å²) in [5, 5.41) is 10.9. The number of halogens is 1. The number of rotatable bonds is 6. The van der Waals surface area contributed by atoms with Crippen LogP contribution in [0.4, 0.5) is 0 Å². The summed E-state index contributed by atoms with van der Waals surface area (Å²) in [6.07, 6.45) is 3.88. The average Bonchev–Trinajstić information content (AvgIpc) is 2.89. The van der Waals surface area contributed by atoms with E-state index in [1.165, 1.54) is 0 Å². The molecule has 98 valence electrons. The lowest BCUT2D eigenvalue weighted by molar-refractivity contribution is 0.550. The Hall–Kier alpha value is -0.470. The molecule has 2 aromatic heterocycles. The Morgan fingerprint density at radius 3 is 3.00 bits per heavy atom. The third kappa shape index (κ3) is 4.33. The van der Waals surface area contributed by atoms with Crippen LogP contribution in [0.25, 0.3) is 0 Å². The Kier molecular flexibility index (Phi) is 5.13. The predicted octanol–water partition coefficient (Wildman–Crippen LogP) is 2.74. The second-order valence-electron chi connectivity index (χ2n) is 4.61. The molecule has 2 heterocycles. The lowest BCUT2D eigenvalue weighted by atomic mass is 10.2. The lowest BCUT2D eigenvalue weighted by Crippen LogP contribution is -2.18. The van der Waals surface area contributed by atoms with Crippen LogP contribution in [0.1, 0.15) is 24.5 Å². The number of thiazole rings is 1. The van der Waals surface area contributed by atoms with Gasteiger partial charge in [-0.2, -0.15) is 5.10 Å². The van der Waals surface area contributed by atoms with Crippen molar-refractivity contribution in [3.63, 3.8) is 0 Å². The zero-order chi connectivity index (χ0) is 13.0. The van der Waals surface area contributed by atoms with E-state index in [-0.39, 0.29) is 0 Å². The molecule has 4 nitrogen and oxygen atoms in total. The van der Waals surface area contributed by atoms with Gasteiger partial charge in [0.05, 0.1) is 22.0 Å². The van der Waals surface area contributed by atoms with Crippen molar-refractivity contribution in [2.75, 3.05) is 6.54 Å². The highest BCUT2D eigenvalue weighted by atomic mass is 127. The summed E-state index contributed by atoms with van der Waals surface area (Å²) in [7, 11) is 0. The van der Waals surface area contributed by atoms with E-state index in [1.807, 2.05) is 17.1 Å². The van der Waals surface area contributed by atoms with Crippen molar-refractivity contribution in [1.82, 2.24) is 20.1 Å². The second-order valence-corrected chi connectivity index (χ2v) is 6.80. The van der Waals surface area contributed by atoms with Gasteiger partial charge in [-0.15, -0.1) is 11.3 Å². The number of aromatic nitrogens is 3. The van der Waals surface area contributed by atoms with E-state index in [2.05, 4.69) is 57.2 Å². The smallest absolute Gasteiger partial charge is 0.107 e. The second kappa shape index (κ2) is 6.63. The highest BCUT2D eigenvalue weighted by molar-refractivity contribution is 14.1. The van der Waals surface area contributed by atoms with E-state index in [4.69, 9.17) is 0 Å². The average molecular weight is 376 g/mol. The number of nitrogens with zero attached hydrogens (tertiary/aromatic N) is 3. The van der Waals surface area contributed by atoms with E-state index in [9.17, 15) is 0 Å². The Balaban J connectivity index is 1.86. The van der Waals surface area contributed by atoms with Crippen LogP contribution in [0.5, 0.6) is 0 Å². The SMILES string of the molecule is CC(C)CNCc1nc(Cn2cc(I)cn2)cs1. The summed E-state index contributed by atoms with van der Waals surface area (Å²) in [4.78, 5) is 4.60. The van der Waals surface area contributed by atoms with Crippen molar-refractivity contribution in [3.05, 3.63) is 32.0 Å². The molecule has 6 heteroatoms. The molecule has 0 fully saturated rings. The summed E-state index contributed by atoms with van der Waals surface area (Å²) in [6.45, 7) is 7.06. The fraction of sp³-hybridized carbons (Fsp3) is 0.500. The fourth-order valence-corrected chi connectivity index (χ4v) is 2.76. The Morgan fingerprint density at radius 1 is 1.50 bits per heavy atom. The van der Waals surface area contributed by atoms with E-state index >= 15 is 0 Å². The summed E-state index contributed by atoms with van der Waals surface area (Å²) < 4.78 is 3.07. The minimum atomic E-state index is 0.676. The summed E-state index contributed by atoms with van der Waals surface area (Å²) >= 11 is 3.97. The first-order valence-electron chi connectivity index (χ1n) is 5.95. The molecule has 0 radical (unpaired) electrons. The van der Waals surface area contributed by atoms with Crippen molar-refractivity contribution < 1.29 is 0 Å². The molecule has 0 aliphatic heterocycles. The van der Waals surface area contributed by atoms with Gasteiger partial charge < -0.3 is 5.32 Å². The first-order valence-corrected chi connectivity index (χ1v) is 7.91. The van der Waals surface area contributed by atoms with Gasteiger partial charge in [0.15, 0.2) is 0 Å². The molecular weight excluding hydrogens is 359 g/mol. The van der Waals surface area contributed by atoms with Crippen LogP contribution in [0.2, 0.25) is 0 Å². The zero-order valence-corrected chi connectivity index (χ0v) is 13.5. The van der Waals surface area contributed by atoms with Gasteiger partial charge in [-0.3, -0.25) is 4.68 Å². The molecular formula is C12H17IN4S. The van der Waals surface area contributed by atoms with Crippen LogP contribution in [0.15, 0.2) is 17.8 Å². The summed E-state index contributed by atoms with van der Waals surface area (Å²) in [5.74, 6) is 0.676. The highest BCUT2D eigenvalue weighted by Gasteiger charge is 2.04. The van der Waals surface area contributed by atoms with Gasteiger partial charge >= 0.3 is 0 Å². The van der Waals surface area contributed by atoms with E-state index in [1.54, 1.807) is 11.3 Å². The van der Waals surface area contributed by atoms with Gasteiger partial charge in [-0.05, 0) is 35.1 Å². The van der Waals surface area contributed by atoms with Gasteiger partial charge in [0.2, 0.25) is 0 Å². The van der Waals surface area contributed by atoms with Crippen LogP contribution < -0.4 is 5.32 Å². The molecule has 0 aliphatic rings. The molecule has 0 amide bonds. The number of nitrogens with one attached hydrogen (secondary N) is 1. The highest BCUT2D eigenvalue weighted by Crippen LogP contribution is 2.11. The van der Waals surface area contributed by atoms with Crippen LogP contribution in [0, 0.1) is 9.49 Å². The van der Waals surface area contributed by atoms with Crippen LogP contribution in [-0.2, 0) is 13.1 Å². The van der Waals surface area contributed by atoms with Gasteiger partial charge in [0, 0.05) is 18.1 Å². The van der Waals surface area contributed by atoms with E-state index in [0.29, 0.717) is 5.92 Å². The first-order chi connectivity index (χ1) is 8.63. The number of hydrogen-bond acceptors (Lipinski definition) is 4. The molecule has 0 saturated heterocycles. The minimum Gasteiger partial charge on any atom is -0.310 e. The van der Waals surface area contributed by atoms with Crippen LogP contribution in [0.3, 0.4) is 0 Å². The maximum atomic E-state index is 4.60. The van der Waals surface area contributed by atoms with Crippen molar-refractivity contribution in [2.24, 2.45) is 5.92 Å². The van der Waals surface area contributed by atoms with Crippen LogP contribution in [-0.4, -0.2) is 21.3 Å². The van der Waals surface area contributed by atoms with E-state index in [0.717, 1.165) is 33.9 Å². The van der Waals surface area contributed by atoms with Crippen LogP contribution >= 0.6 is 33.9 Å². The number of hydrogen-bond donors (Lipinski definition) is 1. The monoisotopic (exact) mass is 376 g/mol. The van der Waals surface area contributed by atoms with Gasteiger partial charge in [0.1, 0.15) is 5.01 Å². The minimum absolute atomic E-state index is 0.676. The molecule has 0 atom stereocenters. The van der Waals surface area contributed by atoms with Crippen molar-refractivity contribution in [1.29, 1.82) is 0 Å². The first kappa shape index (κ1) is 14.0. The standard InChI is InChI=1S/C12H17IN4S/c1-9(2)3-14-5-12-16-11(8-18-12)7-17-6-10(13)4-15-17/h4,6,8-9,14H,3,5,7H2,1-2H3. The maximum Gasteiger partial charge on any atom is 0.107 e. The molecule has 0 aromatic carbocycles. The fourth-order valence-electron chi connectivity index (χ4n) is 1.56. The third-order valence-electron chi connectivity index (χ3n) is 2.35. The van der Waals surface area contributed by atoms with Gasteiger partial charge in [0.25, 0.3) is 0 Å². The van der Waals surface area contributed by atoms with E-state index < -0.39 is 0 Å². The lowest BCUT2D eigenvalue weighted by Gasteiger charge is -2.04. The Bertz CT molecular complexity index is 492. The molecule has 0 saturated carbocycles. The Morgan fingerprint density at radius 2 is 2.33 bits per heavy atom. The zero-order valence-electron chi connectivity index (χ0n) is 10.6. The molecule has 0 aliphatic carbocycles. The van der Waals surface area contributed by atoms with Gasteiger partial charge in [-0.25, -0.2) is 4.98 Å². The molecule has 2 aromatic rings. The predicted molar refractivity (Wildman–Crippen MR) is 82.7 cm³/mol. The maximum absolute atomic E-state index is 4.60. The molecule has 1 N–H and O–H groups in total. The molecule has 18 heavy (non-hydrogen) atoms. The molecule has 0 spiro atoms. The van der Waals surface area contributed by atoms with Gasteiger partial charge in [-0.1, -0.05) is 13.8 Å². The quantitative estimate of drug-likeness (QED) is 0.789. The molecule has 0 bridgehead atoms. The van der Waals surface area contributed by atoms with Crippen molar-refractivity contribution in [2.45, 2.75) is 26.9 Å².